The number of nitrogens with one attached hydrogen (secondary N) is 4. The molecule has 3 rings (SSSR count). The highest BCUT2D eigenvalue weighted by molar-refractivity contribution is 5.99. The van der Waals surface area contributed by atoms with Gasteiger partial charge in [0.2, 0.25) is 23.6 Å². The summed E-state index contributed by atoms with van der Waals surface area (Å²) < 4.78 is 6.07. The van der Waals surface area contributed by atoms with Crippen molar-refractivity contribution in [3.8, 4) is 5.75 Å². The first-order valence-electron chi connectivity index (χ1n) is 15.2. The van der Waals surface area contributed by atoms with Crippen LogP contribution in [0.2, 0.25) is 0 Å². The van der Waals surface area contributed by atoms with Crippen LogP contribution in [-0.4, -0.2) is 78.8 Å². The van der Waals surface area contributed by atoms with Crippen molar-refractivity contribution in [2.45, 2.75) is 90.8 Å². The number of ether oxygens (including phenoxy) is 1. The zero-order valence-electron chi connectivity index (χ0n) is 25.4. The van der Waals surface area contributed by atoms with Crippen molar-refractivity contribution in [1.82, 2.24) is 26.2 Å². The van der Waals surface area contributed by atoms with E-state index in [9.17, 15) is 24.0 Å². The van der Waals surface area contributed by atoms with Crippen LogP contribution >= 0.6 is 0 Å². The van der Waals surface area contributed by atoms with E-state index in [1.54, 1.807) is 29.2 Å². The van der Waals surface area contributed by atoms with E-state index in [0.717, 1.165) is 13.0 Å². The first-order chi connectivity index (χ1) is 20.0. The van der Waals surface area contributed by atoms with E-state index < -0.39 is 23.9 Å². The van der Waals surface area contributed by atoms with E-state index in [2.05, 4.69) is 21.3 Å². The smallest absolute Gasteiger partial charge is 0.255 e. The fourth-order valence-corrected chi connectivity index (χ4v) is 5.30. The summed E-state index contributed by atoms with van der Waals surface area (Å²) in [4.78, 5) is 66.5. The van der Waals surface area contributed by atoms with Crippen LogP contribution in [0.5, 0.6) is 5.75 Å². The number of hydrogen-bond acceptors (Lipinski definition) is 6. The molecule has 11 nitrogen and oxygen atoms in total. The second kappa shape index (κ2) is 16.1. The number of nitrogens with zero attached hydrogens (tertiary/aromatic N) is 1. The minimum Gasteiger partial charge on any atom is -0.491 e. The molecule has 1 aromatic rings. The maximum absolute atomic E-state index is 13.4. The Kier molecular flexibility index (Phi) is 12.6. The van der Waals surface area contributed by atoms with Gasteiger partial charge in [-0.05, 0) is 56.1 Å². The highest BCUT2D eigenvalue weighted by Crippen LogP contribution is 2.20. The second-order valence-electron chi connectivity index (χ2n) is 12.1. The topological polar surface area (TPSA) is 146 Å². The van der Waals surface area contributed by atoms with E-state index >= 15 is 0 Å². The van der Waals surface area contributed by atoms with E-state index in [1.165, 1.54) is 0 Å². The summed E-state index contributed by atoms with van der Waals surface area (Å²) in [5, 5.41) is 11.5. The van der Waals surface area contributed by atoms with Gasteiger partial charge in [-0.2, -0.15) is 0 Å². The summed E-state index contributed by atoms with van der Waals surface area (Å²) >= 11 is 0. The molecule has 0 unspecified atom stereocenters. The van der Waals surface area contributed by atoms with E-state index in [1.807, 2.05) is 27.7 Å². The Morgan fingerprint density at radius 2 is 1.74 bits per heavy atom. The maximum Gasteiger partial charge on any atom is 0.255 e. The monoisotopic (exact) mass is 585 g/mol. The Labute approximate surface area is 248 Å². The number of likely N-dealkylation sites (tertiary alicyclic amines) is 1. The molecule has 0 spiro atoms. The lowest BCUT2D eigenvalue weighted by Gasteiger charge is -2.26. The Balaban J connectivity index is 1.79. The van der Waals surface area contributed by atoms with Crippen molar-refractivity contribution in [2.24, 2.45) is 11.8 Å². The van der Waals surface area contributed by atoms with Crippen LogP contribution in [0.4, 0.5) is 0 Å². The third-order valence-electron chi connectivity index (χ3n) is 7.39. The average Bonchev–Trinajstić information content (AvgIpc) is 3.34. The highest BCUT2D eigenvalue weighted by Gasteiger charge is 2.29. The summed E-state index contributed by atoms with van der Waals surface area (Å²) in [7, 11) is 0. The Morgan fingerprint density at radius 3 is 2.43 bits per heavy atom. The van der Waals surface area contributed by atoms with Gasteiger partial charge >= 0.3 is 0 Å². The lowest BCUT2D eigenvalue weighted by molar-refractivity contribution is -0.130. The van der Waals surface area contributed by atoms with E-state index in [4.69, 9.17) is 4.74 Å². The highest BCUT2D eigenvalue weighted by atomic mass is 16.5. The molecular formula is C31H47N5O6. The zero-order chi connectivity index (χ0) is 30.6. The summed E-state index contributed by atoms with van der Waals surface area (Å²) in [5.41, 5.74) is 0.259. The lowest BCUT2D eigenvalue weighted by Crippen LogP contribution is -2.52. The molecule has 1 aromatic carbocycles. The van der Waals surface area contributed by atoms with Crippen molar-refractivity contribution < 1.29 is 28.7 Å². The van der Waals surface area contributed by atoms with Crippen LogP contribution < -0.4 is 26.0 Å². The second-order valence-corrected chi connectivity index (χ2v) is 12.1. The quantitative estimate of drug-likeness (QED) is 0.327. The number of carbonyl (C=O) groups is 5. The standard InChI is InChI=1S/C31H47N5O6/c1-20(2)17-22-19-42-26-10-6-5-9-23(26)29(39)35-24(30(40)32-14-8-16-36-15-7-11-28(36)38)12-13-27(37)34-25(18-21(3)4)31(41)33-22/h5-6,9-10,20-22,24-25H,7-8,11-19H2,1-4H3,(H,32,40)(H,33,41)(H,34,37)(H,35,39)/t22-,24+,25-/m1/s1. The van der Waals surface area contributed by atoms with Crippen molar-refractivity contribution in [2.75, 3.05) is 26.2 Å². The van der Waals surface area contributed by atoms with Gasteiger partial charge in [0.05, 0.1) is 11.6 Å². The van der Waals surface area contributed by atoms with Crippen molar-refractivity contribution >= 4 is 29.5 Å². The van der Waals surface area contributed by atoms with Gasteiger partial charge in [0, 0.05) is 32.5 Å². The van der Waals surface area contributed by atoms with Crippen LogP contribution in [0.15, 0.2) is 24.3 Å². The Hall–Kier alpha value is -3.63. The molecular weight excluding hydrogens is 538 g/mol. The van der Waals surface area contributed by atoms with Crippen molar-refractivity contribution in [3.05, 3.63) is 29.8 Å². The molecule has 2 aliphatic rings. The van der Waals surface area contributed by atoms with Crippen LogP contribution in [0, 0.1) is 11.8 Å². The zero-order valence-corrected chi connectivity index (χ0v) is 25.4. The number of carbonyl (C=O) groups excluding carboxylic acids is 5. The van der Waals surface area contributed by atoms with E-state index in [-0.39, 0.29) is 60.6 Å². The minimum absolute atomic E-state index is 0.0447. The molecule has 2 heterocycles. The molecule has 0 aliphatic carbocycles. The van der Waals surface area contributed by atoms with Gasteiger partial charge < -0.3 is 30.9 Å². The molecule has 1 saturated heterocycles. The van der Waals surface area contributed by atoms with Crippen LogP contribution in [0.3, 0.4) is 0 Å². The van der Waals surface area contributed by atoms with Gasteiger partial charge in [-0.15, -0.1) is 0 Å². The normalized spacial score (nSPS) is 22.4. The van der Waals surface area contributed by atoms with Crippen LogP contribution in [0.25, 0.3) is 0 Å². The summed E-state index contributed by atoms with van der Waals surface area (Å²) in [5.74, 6) is -0.670. The number of hydrogen-bond donors (Lipinski definition) is 4. The first-order valence-corrected chi connectivity index (χ1v) is 15.2. The SMILES string of the molecule is CC(C)C[C@@H]1COc2ccccc2C(=O)N[C@H](C(=O)NCCCN2CCCC2=O)CCC(=O)N[C@H](CC(C)C)C(=O)N1. The Bertz CT molecular complexity index is 1110. The predicted octanol–water partition coefficient (Wildman–Crippen LogP) is 2.15. The maximum atomic E-state index is 13.4. The number of rotatable bonds is 9. The van der Waals surface area contributed by atoms with Gasteiger partial charge in [0.25, 0.3) is 5.91 Å². The van der Waals surface area contributed by atoms with Crippen LogP contribution in [-0.2, 0) is 19.2 Å². The lowest BCUT2D eigenvalue weighted by atomic mass is 10.0. The number of benzene rings is 1. The number of para-hydroxylation sites is 1. The van der Waals surface area contributed by atoms with Crippen molar-refractivity contribution in [3.63, 3.8) is 0 Å². The minimum atomic E-state index is -0.985. The number of amides is 5. The third kappa shape index (κ3) is 10.3. The van der Waals surface area contributed by atoms with Gasteiger partial charge in [-0.3, -0.25) is 24.0 Å². The van der Waals surface area contributed by atoms with Gasteiger partial charge in [0.1, 0.15) is 24.4 Å². The third-order valence-corrected chi connectivity index (χ3v) is 7.39. The predicted molar refractivity (Wildman–Crippen MR) is 159 cm³/mol. The molecule has 0 bridgehead atoms. The summed E-state index contributed by atoms with van der Waals surface area (Å²) in [6.45, 7) is 9.82. The first kappa shape index (κ1) is 32.9. The van der Waals surface area contributed by atoms with Gasteiger partial charge in [-0.25, -0.2) is 0 Å². The largest absolute Gasteiger partial charge is 0.491 e. The molecule has 5 amide bonds. The fourth-order valence-electron chi connectivity index (χ4n) is 5.30. The van der Waals surface area contributed by atoms with Crippen LogP contribution in [0.1, 0.15) is 83.0 Å². The summed E-state index contributed by atoms with van der Waals surface area (Å²) in [6.07, 6.45) is 3.08. The average molecular weight is 586 g/mol. The Morgan fingerprint density at radius 1 is 1.00 bits per heavy atom. The molecule has 1 fully saturated rings. The fraction of sp³-hybridized carbons (Fsp3) is 0.645. The van der Waals surface area contributed by atoms with E-state index in [0.29, 0.717) is 44.5 Å². The molecule has 0 saturated carbocycles. The molecule has 0 aromatic heterocycles. The summed E-state index contributed by atoms with van der Waals surface area (Å²) in [6, 6.07) is 4.71. The molecule has 0 radical (unpaired) electrons. The van der Waals surface area contributed by atoms with Crippen molar-refractivity contribution in [1.29, 1.82) is 0 Å². The molecule has 2 aliphatic heterocycles. The van der Waals surface area contributed by atoms with Gasteiger partial charge in [0.15, 0.2) is 0 Å². The number of fused-ring (bicyclic) bond motifs is 1. The molecule has 42 heavy (non-hydrogen) atoms. The molecule has 4 N–H and O–H groups in total. The molecule has 11 heteroatoms. The molecule has 3 atom stereocenters. The molecule has 232 valence electrons. The van der Waals surface area contributed by atoms with Gasteiger partial charge in [-0.1, -0.05) is 39.8 Å².